The SMILES string of the molecule is CCN(CC)CCCNc1cc2oc3ccccc3c2cc1Br. The molecule has 0 bridgehead atoms. The largest absolute Gasteiger partial charge is 0.456 e. The van der Waals surface area contributed by atoms with Gasteiger partial charge < -0.3 is 14.6 Å². The fraction of sp³-hybridized carbons (Fsp3) is 0.368. The summed E-state index contributed by atoms with van der Waals surface area (Å²) in [7, 11) is 0. The molecule has 0 fully saturated rings. The number of rotatable bonds is 7. The molecule has 0 aliphatic heterocycles. The number of benzene rings is 2. The Hall–Kier alpha value is -1.52. The van der Waals surface area contributed by atoms with Crippen LogP contribution in [0, 0.1) is 0 Å². The van der Waals surface area contributed by atoms with Gasteiger partial charge in [-0.15, -0.1) is 0 Å². The average molecular weight is 375 g/mol. The van der Waals surface area contributed by atoms with Gasteiger partial charge in [-0.1, -0.05) is 32.0 Å². The molecule has 4 heteroatoms. The molecule has 0 unspecified atom stereocenters. The van der Waals surface area contributed by atoms with Gasteiger partial charge in [-0.3, -0.25) is 0 Å². The average Bonchev–Trinajstić information content (AvgIpc) is 2.92. The molecule has 0 atom stereocenters. The molecule has 0 spiro atoms. The third kappa shape index (κ3) is 3.54. The number of para-hydroxylation sites is 1. The van der Waals surface area contributed by atoms with Gasteiger partial charge in [0.2, 0.25) is 0 Å². The van der Waals surface area contributed by atoms with E-state index in [0.29, 0.717) is 0 Å². The van der Waals surface area contributed by atoms with Crippen molar-refractivity contribution in [1.29, 1.82) is 0 Å². The Kier molecular flexibility index (Phi) is 5.23. The molecule has 1 heterocycles. The maximum Gasteiger partial charge on any atom is 0.137 e. The van der Waals surface area contributed by atoms with E-state index in [1.54, 1.807) is 0 Å². The molecule has 1 N–H and O–H groups in total. The minimum atomic E-state index is 0.931. The monoisotopic (exact) mass is 374 g/mol. The highest BCUT2D eigenvalue weighted by Gasteiger charge is 2.10. The molecule has 3 aromatic rings. The van der Waals surface area contributed by atoms with Crippen LogP contribution in [0.5, 0.6) is 0 Å². The van der Waals surface area contributed by atoms with Gasteiger partial charge in [-0.2, -0.15) is 0 Å². The lowest BCUT2D eigenvalue weighted by molar-refractivity contribution is 0.303. The summed E-state index contributed by atoms with van der Waals surface area (Å²) in [6.45, 7) is 8.74. The minimum Gasteiger partial charge on any atom is -0.456 e. The summed E-state index contributed by atoms with van der Waals surface area (Å²) < 4.78 is 7.04. The Labute approximate surface area is 145 Å². The number of halogens is 1. The maximum atomic E-state index is 5.96. The first kappa shape index (κ1) is 16.3. The minimum absolute atomic E-state index is 0.931. The van der Waals surface area contributed by atoms with Crippen molar-refractivity contribution < 1.29 is 4.42 Å². The van der Waals surface area contributed by atoms with Gasteiger partial charge in [0, 0.05) is 27.9 Å². The summed E-state index contributed by atoms with van der Waals surface area (Å²) in [5.74, 6) is 0. The van der Waals surface area contributed by atoms with Crippen molar-refractivity contribution in [2.45, 2.75) is 20.3 Å². The Morgan fingerprint density at radius 2 is 1.83 bits per heavy atom. The predicted octanol–water partition coefficient (Wildman–Crippen LogP) is 5.49. The van der Waals surface area contributed by atoms with E-state index in [9.17, 15) is 0 Å². The molecule has 0 aliphatic carbocycles. The van der Waals surface area contributed by atoms with Gasteiger partial charge >= 0.3 is 0 Å². The Bertz CT molecular complexity index is 793. The molecule has 122 valence electrons. The summed E-state index contributed by atoms with van der Waals surface area (Å²) in [4.78, 5) is 2.44. The van der Waals surface area contributed by atoms with Gasteiger partial charge in [0.25, 0.3) is 0 Å². The molecule has 0 aliphatic rings. The van der Waals surface area contributed by atoms with Gasteiger partial charge in [0.1, 0.15) is 11.2 Å². The summed E-state index contributed by atoms with van der Waals surface area (Å²) in [5.41, 5.74) is 2.96. The van der Waals surface area contributed by atoms with Crippen LogP contribution in [-0.2, 0) is 0 Å². The van der Waals surface area contributed by atoms with Crippen LogP contribution in [0.4, 0.5) is 5.69 Å². The molecule has 0 radical (unpaired) electrons. The smallest absolute Gasteiger partial charge is 0.137 e. The summed E-state index contributed by atoms with van der Waals surface area (Å²) in [6.07, 6.45) is 1.13. The van der Waals surface area contributed by atoms with E-state index in [1.807, 2.05) is 18.2 Å². The van der Waals surface area contributed by atoms with Crippen molar-refractivity contribution in [2.75, 3.05) is 31.5 Å². The highest BCUT2D eigenvalue weighted by atomic mass is 79.9. The molecule has 1 aromatic heterocycles. The van der Waals surface area contributed by atoms with Crippen LogP contribution in [0.15, 0.2) is 45.3 Å². The second-order valence-corrected chi connectivity index (χ2v) is 6.59. The number of hydrogen-bond acceptors (Lipinski definition) is 3. The Morgan fingerprint density at radius 3 is 2.61 bits per heavy atom. The van der Waals surface area contributed by atoms with E-state index in [4.69, 9.17) is 4.42 Å². The second kappa shape index (κ2) is 7.37. The standard InChI is InChI=1S/C19H23BrN2O/c1-3-22(4-2)11-7-10-21-17-13-19-15(12-16(17)20)14-8-5-6-9-18(14)23-19/h5-6,8-9,12-13,21H,3-4,7,10-11H2,1-2H3. The zero-order chi connectivity index (χ0) is 16.2. The highest BCUT2D eigenvalue weighted by molar-refractivity contribution is 9.10. The van der Waals surface area contributed by atoms with E-state index in [2.05, 4.69) is 58.2 Å². The fourth-order valence-electron chi connectivity index (χ4n) is 2.95. The van der Waals surface area contributed by atoms with Crippen molar-refractivity contribution in [3.63, 3.8) is 0 Å². The van der Waals surface area contributed by atoms with Crippen molar-refractivity contribution in [3.8, 4) is 0 Å². The predicted molar refractivity (Wildman–Crippen MR) is 102 cm³/mol. The van der Waals surface area contributed by atoms with Gasteiger partial charge in [0.15, 0.2) is 0 Å². The molecular formula is C19H23BrN2O. The van der Waals surface area contributed by atoms with Crippen molar-refractivity contribution in [1.82, 2.24) is 4.90 Å². The quantitative estimate of drug-likeness (QED) is 0.554. The second-order valence-electron chi connectivity index (χ2n) is 5.73. The molecule has 3 rings (SSSR count). The first-order valence-corrected chi connectivity index (χ1v) is 9.09. The summed E-state index contributed by atoms with van der Waals surface area (Å²) in [5, 5.41) is 5.84. The van der Waals surface area contributed by atoms with E-state index in [0.717, 1.165) is 64.7 Å². The third-order valence-electron chi connectivity index (χ3n) is 4.33. The Balaban J connectivity index is 1.74. The molecule has 0 saturated heterocycles. The van der Waals surface area contributed by atoms with E-state index < -0.39 is 0 Å². The lowest BCUT2D eigenvalue weighted by atomic mass is 10.1. The summed E-state index contributed by atoms with van der Waals surface area (Å²) in [6, 6.07) is 12.4. The zero-order valence-electron chi connectivity index (χ0n) is 13.7. The Morgan fingerprint density at radius 1 is 1.04 bits per heavy atom. The van der Waals surface area contributed by atoms with E-state index in [1.165, 1.54) is 0 Å². The number of nitrogens with one attached hydrogen (secondary N) is 1. The maximum absolute atomic E-state index is 5.96. The molecule has 0 amide bonds. The normalized spacial score (nSPS) is 11.7. The number of nitrogens with zero attached hydrogens (tertiary/aromatic N) is 1. The molecule has 23 heavy (non-hydrogen) atoms. The number of anilines is 1. The van der Waals surface area contributed by atoms with Crippen LogP contribution in [-0.4, -0.2) is 31.1 Å². The van der Waals surface area contributed by atoms with Crippen molar-refractivity contribution in [2.24, 2.45) is 0 Å². The topological polar surface area (TPSA) is 28.4 Å². The first-order chi connectivity index (χ1) is 11.2. The highest BCUT2D eigenvalue weighted by Crippen LogP contribution is 2.34. The van der Waals surface area contributed by atoms with E-state index >= 15 is 0 Å². The zero-order valence-corrected chi connectivity index (χ0v) is 15.3. The number of furan rings is 1. The first-order valence-electron chi connectivity index (χ1n) is 8.30. The summed E-state index contributed by atoms with van der Waals surface area (Å²) >= 11 is 3.68. The van der Waals surface area contributed by atoms with Gasteiger partial charge in [0.05, 0.1) is 5.69 Å². The number of fused-ring (bicyclic) bond motifs is 3. The lowest BCUT2D eigenvalue weighted by Crippen LogP contribution is -2.25. The molecule has 0 saturated carbocycles. The van der Waals surface area contributed by atoms with Gasteiger partial charge in [-0.25, -0.2) is 0 Å². The molecule has 2 aromatic carbocycles. The van der Waals surface area contributed by atoms with Crippen LogP contribution in [0.3, 0.4) is 0 Å². The van der Waals surface area contributed by atoms with Crippen LogP contribution >= 0.6 is 15.9 Å². The molecular weight excluding hydrogens is 352 g/mol. The van der Waals surface area contributed by atoms with Crippen molar-refractivity contribution >= 4 is 43.6 Å². The van der Waals surface area contributed by atoms with Crippen molar-refractivity contribution in [3.05, 3.63) is 40.9 Å². The lowest BCUT2D eigenvalue weighted by Gasteiger charge is -2.18. The van der Waals surface area contributed by atoms with Gasteiger partial charge in [-0.05, 0) is 54.1 Å². The number of hydrogen-bond donors (Lipinski definition) is 1. The van der Waals surface area contributed by atoms with Crippen LogP contribution in [0.25, 0.3) is 21.9 Å². The molecule has 3 nitrogen and oxygen atoms in total. The van der Waals surface area contributed by atoms with Crippen LogP contribution in [0.1, 0.15) is 20.3 Å². The fourth-order valence-corrected chi connectivity index (χ4v) is 3.43. The third-order valence-corrected chi connectivity index (χ3v) is 4.98. The van der Waals surface area contributed by atoms with E-state index in [-0.39, 0.29) is 0 Å². The van der Waals surface area contributed by atoms with Crippen LogP contribution < -0.4 is 5.32 Å². The van der Waals surface area contributed by atoms with Crippen LogP contribution in [0.2, 0.25) is 0 Å².